The van der Waals surface area contributed by atoms with Crippen molar-refractivity contribution in [1.82, 2.24) is 0 Å². The first-order chi connectivity index (χ1) is 7.38. The van der Waals surface area contributed by atoms with Crippen molar-refractivity contribution in [2.45, 2.75) is 31.6 Å². The standard InChI is InChI=1S/C10H15NO4S/c1-4-15-9(14)6-5-16-10(2,3)7(11-6)8(12)13/h7H,4-5H2,1-3H3,(H,12,13)/t7-/m0/s1. The number of rotatable bonds is 3. The lowest BCUT2D eigenvalue weighted by Gasteiger charge is -2.32. The van der Waals surface area contributed by atoms with Crippen LogP contribution < -0.4 is 0 Å². The maximum atomic E-state index is 11.4. The molecule has 1 atom stereocenters. The smallest absolute Gasteiger partial charge is 0.353 e. The minimum atomic E-state index is -1.01. The number of thioether (sulfide) groups is 1. The second-order valence-electron chi connectivity index (χ2n) is 3.93. The molecular formula is C10H15NO4S. The Kier molecular flexibility index (Phi) is 3.96. The van der Waals surface area contributed by atoms with E-state index in [0.29, 0.717) is 5.75 Å². The largest absolute Gasteiger partial charge is 0.480 e. The van der Waals surface area contributed by atoms with Crippen LogP contribution in [0.25, 0.3) is 0 Å². The van der Waals surface area contributed by atoms with Crippen LogP contribution in [-0.4, -0.2) is 45.9 Å². The predicted molar refractivity (Wildman–Crippen MR) is 62.0 cm³/mol. The molecule has 0 spiro atoms. The molecule has 1 aliphatic heterocycles. The molecule has 1 aliphatic rings. The van der Waals surface area contributed by atoms with Gasteiger partial charge < -0.3 is 9.84 Å². The number of ether oxygens (including phenoxy) is 1. The van der Waals surface area contributed by atoms with Gasteiger partial charge in [-0.3, -0.25) is 4.99 Å². The molecule has 0 aliphatic carbocycles. The van der Waals surface area contributed by atoms with Gasteiger partial charge in [0.25, 0.3) is 0 Å². The van der Waals surface area contributed by atoms with Crippen molar-refractivity contribution in [1.29, 1.82) is 0 Å². The van der Waals surface area contributed by atoms with Crippen LogP contribution in [-0.2, 0) is 14.3 Å². The van der Waals surface area contributed by atoms with E-state index in [1.165, 1.54) is 11.8 Å². The minimum absolute atomic E-state index is 0.207. The maximum absolute atomic E-state index is 11.4. The van der Waals surface area contributed by atoms with Crippen molar-refractivity contribution in [3.63, 3.8) is 0 Å². The van der Waals surface area contributed by atoms with Crippen molar-refractivity contribution in [3.8, 4) is 0 Å². The first kappa shape index (κ1) is 13.0. The average Bonchev–Trinajstić information content (AvgIpc) is 2.16. The summed E-state index contributed by atoms with van der Waals surface area (Å²) in [5.74, 6) is -1.13. The summed E-state index contributed by atoms with van der Waals surface area (Å²) in [6.45, 7) is 5.58. The van der Waals surface area contributed by atoms with Crippen molar-refractivity contribution in [2.24, 2.45) is 4.99 Å². The van der Waals surface area contributed by atoms with Gasteiger partial charge >= 0.3 is 11.9 Å². The summed E-state index contributed by atoms with van der Waals surface area (Å²) in [5, 5.41) is 9.03. The van der Waals surface area contributed by atoms with Crippen LogP contribution in [0.5, 0.6) is 0 Å². The molecule has 1 N–H and O–H groups in total. The zero-order chi connectivity index (χ0) is 12.3. The summed E-state index contributed by atoms with van der Waals surface area (Å²) in [5.41, 5.74) is 0.207. The number of aliphatic imine (C=N–C) groups is 1. The number of carboxylic acid groups (broad SMARTS) is 1. The fourth-order valence-electron chi connectivity index (χ4n) is 1.36. The molecule has 0 saturated heterocycles. The van der Waals surface area contributed by atoms with Crippen LogP contribution in [0.15, 0.2) is 4.99 Å². The number of carboxylic acids is 1. The second-order valence-corrected chi connectivity index (χ2v) is 5.56. The van der Waals surface area contributed by atoms with Gasteiger partial charge in [0, 0.05) is 10.5 Å². The lowest BCUT2D eigenvalue weighted by molar-refractivity contribution is -0.139. The zero-order valence-electron chi connectivity index (χ0n) is 9.52. The lowest BCUT2D eigenvalue weighted by atomic mass is 10.0. The summed E-state index contributed by atoms with van der Waals surface area (Å²) in [4.78, 5) is 26.4. The number of hydrogen-bond donors (Lipinski definition) is 1. The third-order valence-electron chi connectivity index (χ3n) is 2.27. The summed E-state index contributed by atoms with van der Waals surface area (Å²) in [7, 11) is 0. The van der Waals surface area contributed by atoms with E-state index >= 15 is 0 Å². The molecule has 5 nitrogen and oxygen atoms in total. The van der Waals surface area contributed by atoms with E-state index in [1.54, 1.807) is 6.92 Å². The zero-order valence-corrected chi connectivity index (χ0v) is 10.3. The molecular weight excluding hydrogens is 230 g/mol. The lowest BCUT2D eigenvalue weighted by Crippen LogP contribution is -2.44. The molecule has 0 fully saturated rings. The van der Waals surface area contributed by atoms with Crippen LogP contribution in [0.3, 0.4) is 0 Å². The Balaban J connectivity index is 2.91. The van der Waals surface area contributed by atoms with Crippen molar-refractivity contribution >= 4 is 29.4 Å². The molecule has 0 bridgehead atoms. The van der Waals surface area contributed by atoms with Crippen LogP contribution in [0.2, 0.25) is 0 Å². The molecule has 1 heterocycles. The first-order valence-electron chi connectivity index (χ1n) is 4.99. The number of nitrogens with zero attached hydrogens (tertiary/aromatic N) is 1. The Morgan fingerprint density at radius 1 is 1.62 bits per heavy atom. The van der Waals surface area contributed by atoms with Gasteiger partial charge in [-0.15, -0.1) is 11.8 Å². The first-order valence-corrected chi connectivity index (χ1v) is 5.97. The summed E-state index contributed by atoms with van der Waals surface area (Å²) in [6.07, 6.45) is 0. The summed E-state index contributed by atoms with van der Waals surface area (Å²) in [6, 6.07) is -0.898. The number of carbonyl (C=O) groups excluding carboxylic acids is 1. The second kappa shape index (κ2) is 4.86. The SMILES string of the molecule is CCOC(=O)C1=N[C@@H](C(=O)O)C(C)(C)SC1. The van der Waals surface area contributed by atoms with E-state index in [0.717, 1.165) is 0 Å². The molecule has 0 aromatic rings. The van der Waals surface area contributed by atoms with Gasteiger partial charge in [0.05, 0.1) is 6.61 Å². The highest BCUT2D eigenvalue weighted by Crippen LogP contribution is 2.34. The topological polar surface area (TPSA) is 76.0 Å². The van der Waals surface area contributed by atoms with Crippen LogP contribution >= 0.6 is 11.8 Å². The van der Waals surface area contributed by atoms with Crippen LogP contribution in [0.1, 0.15) is 20.8 Å². The Morgan fingerprint density at radius 2 is 2.25 bits per heavy atom. The molecule has 1 rings (SSSR count). The highest BCUT2D eigenvalue weighted by molar-refractivity contribution is 8.01. The Labute approximate surface area is 98.3 Å². The summed E-state index contributed by atoms with van der Waals surface area (Å²) < 4.78 is 4.30. The van der Waals surface area contributed by atoms with Crippen molar-refractivity contribution in [2.75, 3.05) is 12.4 Å². The number of hydrogen-bond acceptors (Lipinski definition) is 5. The molecule has 0 aromatic heterocycles. The van der Waals surface area contributed by atoms with Crippen molar-refractivity contribution in [3.05, 3.63) is 0 Å². The molecule has 16 heavy (non-hydrogen) atoms. The quantitative estimate of drug-likeness (QED) is 0.750. The minimum Gasteiger partial charge on any atom is -0.480 e. The third kappa shape index (κ3) is 2.75. The highest BCUT2D eigenvalue weighted by atomic mass is 32.2. The molecule has 6 heteroatoms. The molecule has 0 aromatic carbocycles. The fraction of sp³-hybridized carbons (Fsp3) is 0.700. The van der Waals surface area contributed by atoms with E-state index in [4.69, 9.17) is 9.84 Å². The van der Waals surface area contributed by atoms with Gasteiger partial charge in [-0.25, -0.2) is 9.59 Å². The van der Waals surface area contributed by atoms with E-state index in [9.17, 15) is 9.59 Å². The predicted octanol–water partition coefficient (Wildman–Crippen LogP) is 0.969. The normalized spacial score (nSPS) is 23.4. The molecule has 90 valence electrons. The molecule has 0 amide bonds. The van der Waals surface area contributed by atoms with E-state index in [-0.39, 0.29) is 12.3 Å². The molecule has 0 saturated carbocycles. The molecule has 0 radical (unpaired) electrons. The van der Waals surface area contributed by atoms with Gasteiger partial charge in [-0.2, -0.15) is 0 Å². The Hall–Kier alpha value is -1.04. The number of esters is 1. The monoisotopic (exact) mass is 245 g/mol. The van der Waals surface area contributed by atoms with Gasteiger partial charge in [0.15, 0.2) is 6.04 Å². The Morgan fingerprint density at radius 3 is 2.75 bits per heavy atom. The Bertz CT molecular complexity index is 338. The fourth-order valence-corrected chi connectivity index (χ4v) is 2.37. The van der Waals surface area contributed by atoms with Gasteiger partial charge in [0.1, 0.15) is 5.71 Å². The third-order valence-corrected chi connectivity index (χ3v) is 3.65. The van der Waals surface area contributed by atoms with Crippen LogP contribution in [0.4, 0.5) is 0 Å². The van der Waals surface area contributed by atoms with Crippen molar-refractivity contribution < 1.29 is 19.4 Å². The van der Waals surface area contributed by atoms with E-state index in [1.807, 2.05) is 13.8 Å². The van der Waals surface area contributed by atoms with Crippen LogP contribution in [0, 0.1) is 0 Å². The number of aliphatic carboxylic acids is 1. The van der Waals surface area contributed by atoms with Gasteiger partial charge in [0.2, 0.25) is 0 Å². The highest BCUT2D eigenvalue weighted by Gasteiger charge is 2.40. The average molecular weight is 245 g/mol. The molecule has 0 unspecified atom stereocenters. The number of carbonyl (C=O) groups is 2. The summed E-state index contributed by atoms with van der Waals surface area (Å²) >= 11 is 1.41. The van der Waals surface area contributed by atoms with E-state index < -0.39 is 22.7 Å². The van der Waals surface area contributed by atoms with Gasteiger partial charge in [-0.1, -0.05) is 0 Å². The maximum Gasteiger partial charge on any atom is 0.353 e. The van der Waals surface area contributed by atoms with Gasteiger partial charge in [-0.05, 0) is 20.8 Å². The van der Waals surface area contributed by atoms with E-state index in [2.05, 4.69) is 4.99 Å².